The van der Waals surface area contributed by atoms with E-state index in [1.807, 2.05) is 33.8 Å². The summed E-state index contributed by atoms with van der Waals surface area (Å²) >= 11 is 0. The summed E-state index contributed by atoms with van der Waals surface area (Å²) in [5.74, 6) is 7.06. The third-order valence-corrected chi connectivity index (χ3v) is 4.36. The van der Waals surface area contributed by atoms with E-state index in [1.54, 1.807) is 11.1 Å². The number of rotatable bonds is 5. The second-order valence-electron chi connectivity index (χ2n) is 7.99. The monoisotopic (exact) mass is 372 g/mol. The van der Waals surface area contributed by atoms with Crippen molar-refractivity contribution in [1.82, 2.24) is 9.88 Å². The zero-order valence-electron chi connectivity index (χ0n) is 17.3. The predicted octanol–water partition coefficient (Wildman–Crippen LogP) is 4.71. The van der Waals surface area contributed by atoms with Crippen molar-refractivity contribution in [2.75, 3.05) is 13.2 Å². The van der Waals surface area contributed by atoms with Gasteiger partial charge in [-0.15, -0.1) is 0 Å². The van der Waals surface area contributed by atoms with Crippen LogP contribution in [0.5, 0.6) is 5.75 Å². The Balaban J connectivity index is 1.98. The van der Waals surface area contributed by atoms with Crippen LogP contribution in [-0.2, 0) is 4.74 Å². The lowest BCUT2D eigenvalue weighted by atomic mass is 10.2. The fourth-order valence-corrected chi connectivity index (χ4v) is 2.91. The molecular weight excluding hydrogens is 340 g/mol. The van der Waals surface area contributed by atoms with Crippen molar-refractivity contribution < 1.29 is 14.3 Å². The van der Waals surface area contributed by atoms with Crippen molar-refractivity contribution in [2.45, 2.75) is 78.4 Å². The summed E-state index contributed by atoms with van der Waals surface area (Å²) in [4.78, 5) is 18.6. The van der Waals surface area contributed by atoms with Gasteiger partial charge in [0, 0.05) is 24.7 Å². The maximum Gasteiger partial charge on any atom is 0.410 e. The lowest BCUT2D eigenvalue weighted by molar-refractivity contribution is 0.0187. The van der Waals surface area contributed by atoms with Gasteiger partial charge in [-0.1, -0.05) is 25.2 Å². The topological polar surface area (TPSA) is 51.7 Å². The van der Waals surface area contributed by atoms with Gasteiger partial charge in [-0.2, -0.15) is 0 Å². The van der Waals surface area contributed by atoms with Gasteiger partial charge in [0.15, 0.2) is 0 Å². The number of hydrogen-bond donors (Lipinski definition) is 0. The average Bonchev–Trinajstić information content (AvgIpc) is 3.06. The number of likely N-dealkylation sites (tertiary alicyclic amines) is 1. The first-order valence-electron chi connectivity index (χ1n) is 9.88. The first-order valence-corrected chi connectivity index (χ1v) is 9.88. The van der Waals surface area contributed by atoms with Gasteiger partial charge < -0.3 is 14.4 Å². The van der Waals surface area contributed by atoms with E-state index in [9.17, 15) is 4.79 Å². The van der Waals surface area contributed by atoms with Crippen LogP contribution in [0.15, 0.2) is 12.3 Å². The number of aromatic nitrogens is 1. The molecule has 0 saturated carbocycles. The van der Waals surface area contributed by atoms with Crippen LogP contribution in [0.1, 0.15) is 71.1 Å². The van der Waals surface area contributed by atoms with Crippen LogP contribution in [-0.4, -0.2) is 40.8 Å². The molecule has 1 aliphatic heterocycles. The number of carbonyl (C=O) groups is 1. The molecule has 1 saturated heterocycles. The number of hydrogen-bond acceptors (Lipinski definition) is 4. The van der Waals surface area contributed by atoms with Gasteiger partial charge in [-0.3, -0.25) is 4.98 Å². The van der Waals surface area contributed by atoms with Crippen molar-refractivity contribution in [3.05, 3.63) is 23.5 Å². The molecule has 0 radical (unpaired) electrons. The second-order valence-corrected chi connectivity index (χ2v) is 7.99. The number of aryl methyl sites for hydroxylation is 1. The van der Waals surface area contributed by atoms with Gasteiger partial charge in [-0.25, -0.2) is 4.79 Å². The number of pyridine rings is 1. The Labute approximate surface area is 163 Å². The van der Waals surface area contributed by atoms with E-state index < -0.39 is 5.60 Å². The number of ether oxygens (including phenoxy) is 2. The second kappa shape index (κ2) is 9.64. The van der Waals surface area contributed by atoms with E-state index in [4.69, 9.17) is 9.47 Å². The molecule has 1 aromatic rings. The van der Waals surface area contributed by atoms with Crippen LogP contribution in [0.4, 0.5) is 4.79 Å². The molecule has 1 aromatic heterocycles. The molecule has 0 aliphatic carbocycles. The number of nitrogens with zero attached hydrogens (tertiary/aromatic N) is 2. The highest BCUT2D eigenvalue weighted by atomic mass is 16.6. The fraction of sp³-hybridized carbons (Fsp3) is 0.636. The first-order chi connectivity index (χ1) is 12.8. The Morgan fingerprint density at radius 3 is 2.89 bits per heavy atom. The third kappa shape index (κ3) is 6.78. The van der Waals surface area contributed by atoms with Crippen molar-refractivity contribution >= 4 is 6.09 Å². The summed E-state index contributed by atoms with van der Waals surface area (Å²) in [5, 5.41) is 0. The molecule has 1 aliphatic rings. The minimum absolute atomic E-state index is 0.0264. The fourth-order valence-electron chi connectivity index (χ4n) is 2.91. The first kappa shape index (κ1) is 21.1. The summed E-state index contributed by atoms with van der Waals surface area (Å²) in [5.41, 5.74) is 1.20. The van der Waals surface area contributed by atoms with Gasteiger partial charge in [0.05, 0.1) is 11.7 Å². The van der Waals surface area contributed by atoms with Crippen LogP contribution >= 0.6 is 0 Å². The highest BCUT2D eigenvalue weighted by Crippen LogP contribution is 2.23. The van der Waals surface area contributed by atoms with E-state index in [0.29, 0.717) is 13.2 Å². The predicted molar refractivity (Wildman–Crippen MR) is 107 cm³/mol. The number of carbonyl (C=O) groups excluding carboxylic acids is 1. The lowest BCUT2D eigenvalue weighted by Crippen LogP contribution is -2.42. The van der Waals surface area contributed by atoms with E-state index in [0.717, 1.165) is 49.1 Å². The van der Waals surface area contributed by atoms with Crippen LogP contribution in [0.3, 0.4) is 0 Å². The van der Waals surface area contributed by atoms with Crippen molar-refractivity contribution in [1.29, 1.82) is 0 Å². The molecule has 1 atom stereocenters. The standard InChI is InChI=1S/C22H32N2O3/c1-6-7-8-9-11-18-14-20(17(2)23-15-18)26-16-19-12-10-13-24(19)21(25)27-22(3,4)5/h14-15,19H,6-8,10,12-13,16H2,1-5H3/t19-/m1/s1. The molecule has 0 aromatic carbocycles. The van der Waals surface area contributed by atoms with Crippen LogP contribution in [0, 0.1) is 18.8 Å². The molecule has 0 spiro atoms. The lowest BCUT2D eigenvalue weighted by Gasteiger charge is -2.28. The summed E-state index contributed by atoms with van der Waals surface area (Å²) in [7, 11) is 0. The average molecular weight is 373 g/mol. The van der Waals surface area contributed by atoms with Gasteiger partial charge in [0.1, 0.15) is 18.0 Å². The number of unbranched alkanes of at least 4 members (excludes halogenated alkanes) is 2. The van der Waals surface area contributed by atoms with Gasteiger partial charge >= 0.3 is 6.09 Å². The zero-order chi connectivity index (χ0) is 19.9. The minimum Gasteiger partial charge on any atom is -0.489 e. The van der Waals surface area contributed by atoms with Gasteiger partial charge in [-0.05, 0) is 53.0 Å². The maximum absolute atomic E-state index is 12.4. The highest BCUT2D eigenvalue weighted by molar-refractivity contribution is 5.69. The Bertz CT molecular complexity index is 698. The van der Waals surface area contributed by atoms with E-state index in [1.165, 1.54) is 0 Å². The molecule has 2 rings (SSSR count). The molecular formula is C22H32N2O3. The molecule has 1 amide bonds. The molecule has 1 fully saturated rings. The highest BCUT2D eigenvalue weighted by Gasteiger charge is 2.32. The van der Waals surface area contributed by atoms with E-state index >= 15 is 0 Å². The Morgan fingerprint density at radius 1 is 1.41 bits per heavy atom. The zero-order valence-corrected chi connectivity index (χ0v) is 17.3. The SMILES string of the molecule is CCCCC#Cc1cnc(C)c(OC[C@H]2CCCN2C(=O)OC(C)(C)C)c1. The van der Waals surface area contributed by atoms with Crippen molar-refractivity contribution in [2.24, 2.45) is 0 Å². The van der Waals surface area contributed by atoms with Gasteiger partial charge in [0.2, 0.25) is 0 Å². The summed E-state index contributed by atoms with van der Waals surface area (Å²) in [6.07, 6.45) is 6.55. The summed E-state index contributed by atoms with van der Waals surface area (Å²) in [6.45, 7) is 10.9. The molecule has 5 nitrogen and oxygen atoms in total. The number of amides is 1. The molecule has 0 unspecified atom stereocenters. The van der Waals surface area contributed by atoms with Crippen LogP contribution in [0.25, 0.3) is 0 Å². The Kier molecular flexibility index (Phi) is 7.53. The Hall–Kier alpha value is -2.22. The van der Waals surface area contributed by atoms with Crippen LogP contribution in [0.2, 0.25) is 0 Å². The third-order valence-electron chi connectivity index (χ3n) is 4.36. The molecule has 27 heavy (non-hydrogen) atoms. The quantitative estimate of drug-likeness (QED) is 0.555. The molecule has 148 valence electrons. The normalized spacial score (nSPS) is 16.6. The van der Waals surface area contributed by atoms with Crippen molar-refractivity contribution in [3.8, 4) is 17.6 Å². The van der Waals surface area contributed by atoms with E-state index in [-0.39, 0.29) is 12.1 Å². The summed E-state index contributed by atoms with van der Waals surface area (Å²) in [6, 6.07) is 1.96. The molecule has 0 bridgehead atoms. The van der Waals surface area contributed by atoms with E-state index in [2.05, 4.69) is 23.7 Å². The minimum atomic E-state index is -0.490. The maximum atomic E-state index is 12.4. The Morgan fingerprint density at radius 2 is 2.19 bits per heavy atom. The van der Waals surface area contributed by atoms with Crippen molar-refractivity contribution in [3.63, 3.8) is 0 Å². The summed E-state index contributed by atoms with van der Waals surface area (Å²) < 4.78 is 11.5. The molecule has 5 heteroatoms. The molecule has 0 N–H and O–H groups in total. The largest absolute Gasteiger partial charge is 0.489 e. The molecule has 2 heterocycles. The smallest absolute Gasteiger partial charge is 0.410 e. The van der Waals surface area contributed by atoms with Gasteiger partial charge in [0.25, 0.3) is 0 Å². The van der Waals surface area contributed by atoms with Crippen LogP contribution < -0.4 is 4.74 Å².